The summed E-state index contributed by atoms with van der Waals surface area (Å²) in [5.74, 6) is 2.73. The van der Waals surface area contributed by atoms with Gasteiger partial charge < -0.3 is 10.1 Å². The van der Waals surface area contributed by atoms with Gasteiger partial charge in [0.15, 0.2) is 0 Å². The van der Waals surface area contributed by atoms with E-state index in [1.54, 1.807) is 0 Å². The molecule has 0 heterocycles. The molecule has 0 radical (unpaired) electrons. The first-order chi connectivity index (χ1) is 10.6. The zero-order valence-corrected chi connectivity index (χ0v) is 14.8. The third kappa shape index (κ3) is 5.01. The topological polar surface area (TPSA) is 21.3 Å². The van der Waals surface area contributed by atoms with Crippen LogP contribution in [0.5, 0.6) is 5.75 Å². The van der Waals surface area contributed by atoms with E-state index in [1.807, 2.05) is 0 Å². The predicted molar refractivity (Wildman–Crippen MR) is 94.6 cm³/mol. The molecule has 2 heteroatoms. The van der Waals surface area contributed by atoms with E-state index in [0.717, 1.165) is 43.2 Å². The van der Waals surface area contributed by atoms with Crippen LogP contribution in [-0.2, 0) is 0 Å². The van der Waals surface area contributed by atoms with Crippen molar-refractivity contribution in [3.63, 3.8) is 0 Å². The number of unbranched alkanes of at least 4 members (excludes halogenated alkanes) is 1. The highest BCUT2D eigenvalue weighted by atomic mass is 16.5. The van der Waals surface area contributed by atoms with Crippen molar-refractivity contribution in [2.24, 2.45) is 11.8 Å². The number of ether oxygens (including phenoxy) is 1. The summed E-state index contributed by atoms with van der Waals surface area (Å²) in [4.78, 5) is 0. The largest absolute Gasteiger partial charge is 0.493 e. The zero-order chi connectivity index (χ0) is 15.9. The second-order valence-corrected chi connectivity index (χ2v) is 7.15. The van der Waals surface area contributed by atoms with Gasteiger partial charge >= 0.3 is 0 Å². The van der Waals surface area contributed by atoms with Crippen molar-refractivity contribution in [2.45, 2.75) is 65.8 Å². The summed E-state index contributed by atoms with van der Waals surface area (Å²) >= 11 is 0. The predicted octanol–water partition coefficient (Wildman–Crippen LogP) is 4.88. The Bertz CT molecular complexity index is 457. The molecule has 2 rings (SSSR count). The van der Waals surface area contributed by atoms with Crippen LogP contribution < -0.4 is 10.1 Å². The maximum atomic E-state index is 5.89. The Morgan fingerprint density at radius 2 is 1.95 bits per heavy atom. The minimum Gasteiger partial charge on any atom is -0.493 e. The summed E-state index contributed by atoms with van der Waals surface area (Å²) in [6, 6.07) is 7.12. The van der Waals surface area contributed by atoms with Crippen LogP contribution in [0.15, 0.2) is 18.2 Å². The molecular formula is C20H33NO. The number of nitrogens with one attached hydrogen (secondary N) is 1. The molecule has 0 saturated heterocycles. The summed E-state index contributed by atoms with van der Waals surface area (Å²) in [5.41, 5.74) is 2.54. The van der Waals surface area contributed by atoms with Crippen molar-refractivity contribution in [2.75, 3.05) is 13.2 Å². The fourth-order valence-electron chi connectivity index (χ4n) is 3.53. The van der Waals surface area contributed by atoms with Crippen molar-refractivity contribution in [1.82, 2.24) is 5.32 Å². The summed E-state index contributed by atoms with van der Waals surface area (Å²) in [6.45, 7) is 11.0. The third-order valence-electron chi connectivity index (χ3n) is 5.27. The Morgan fingerprint density at radius 1 is 1.14 bits per heavy atom. The highest BCUT2D eigenvalue weighted by Crippen LogP contribution is 2.29. The summed E-state index contributed by atoms with van der Waals surface area (Å²) in [7, 11) is 0. The van der Waals surface area contributed by atoms with Crippen LogP contribution >= 0.6 is 0 Å². The molecule has 1 N–H and O–H groups in total. The first kappa shape index (κ1) is 17.3. The van der Waals surface area contributed by atoms with Crippen LogP contribution in [0.1, 0.15) is 57.1 Å². The fraction of sp³-hybridized carbons (Fsp3) is 0.700. The minimum atomic E-state index is 0.726. The molecule has 1 saturated carbocycles. The van der Waals surface area contributed by atoms with Gasteiger partial charge in [-0.3, -0.25) is 0 Å². The molecule has 22 heavy (non-hydrogen) atoms. The van der Waals surface area contributed by atoms with Crippen LogP contribution in [0.25, 0.3) is 0 Å². The van der Waals surface area contributed by atoms with E-state index in [2.05, 4.69) is 51.2 Å². The quantitative estimate of drug-likeness (QED) is 0.725. The van der Waals surface area contributed by atoms with Crippen LogP contribution in [-0.4, -0.2) is 19.2 Å². The van der Waals surface area contributed by atoms with Crippen molar-refractivity contribution >= 4 is 0 Å². The average Bonchev–Trinajstić information content (AvgIpc) is 2.48. The van der Waals surface area contributed by atoms with Gasteiger partial charge in [0.2, 0.25) is 0 Å². The lowest BCUT2D eigenvalue weighted by Crippen LogP contribution is -2.41. The molecule has 0 amide bonds. The van der Waals surface area contributed by atoms with Gasteiger partial charge in [0, 0.05) is 6.04 Å². The van der Waals surface area contributed by atoms with Gasteiger partial charge in [0.1, 0.15) is 5.75 Å². The number of aryl methyl sites for hydroxylation is 2. The van der Waals surface area contributed by atoms with E-state index in [-0.39, 0.29) is 0 Å². The lowest BCUT2D eigenvalue weighted by Gasteiger charge is -2.34. The van der Waals surface area contributed by atoms with Crippen LogP contribution in [0.2, 0.25) is 0 Å². The SMILES string of the molecule is Cc1ccc(OCCCCN[C@H]2CCC[C@@H](C)[C@H]2C)c(C)c1. The molecule has 1 aliphatic carbocycles. The molecular weight excluding hydrogens is 270 g/mol. The van der Waals surface area contributed by atoms with Crippen molar-refractivity contribution in [3.8, 4) is 5.75 Å². The summed E-state index contributed by atoms with van der Waals surface area (Å²) in [5, 5.41) is 3.76. The highest BCUT2D eigenvalue weighted by molar-refractivity contribution is 5.35. The maximum Gasteiger partial charge on any atom is 0.122 e. The zero-order valence-electron chi connectivity index (χ0n) is 14.8. The number of benzene rings is 1. The van der Waals surface area contributed by atoms with Crippen LogP contribution in [0.4, 0.5) is 0 Å². The van der Waals surface area contributed by atoms with E-state index in [4.69, 9.17) is 4.74 Å². The van der Waals surface area contributed by atoms with E-state index in [9.17, 15) is 0 Å². The second-order valence-electron chi connectivity index (χ2n) is 7.15. The van der Waals surface area contributed by atoms with Gasteiger partial charge in [-0.15, -0.1) is 0 Å². The number of hydrogen-bond acceptors (Lipinski definition) is 2. The second kappa shape index (κ2) is 8.57. The van der Waals surface area contributed by atoms with Gasteiger partial charge in [0.25, 0.3) is 0 Å². The minimum absolute atomic E-state index is 0.726. The van der Waals surface area contributed by atoms with Crippen molar-refractivity contribution in [1.29, 1.82) is 0 Å². The van der Waals surface area contributed by atoms with Crippen LogP contribution in [0.3, 0.4) is 0 Å². The Kier molecular flexibility index (Phi) is 6.75. The lowest BCUT2D eigenvalue weighted by atomic mass is 9.78. The number of hydrogen-bond donors (Lipinski definition) is 1. The van der Waals surface area contributed by atoms with Crippen molar-refractivity contribution in [3.05, 3.63) is 29.3 Å². The monoisotopic (exact) mass is 303 g/mol. The first-order valence-corrected chi connectivity index (χ1v) is 9.01. The molecule has 124 valence electrons. The molecule has 2 nitrogen and oxygen atoms in total. The first-order valence-electron chi connectivity index (χ1n) is 9.01. The molecule has 1 aliphatic rings. The van der Waals surface area contributed by atoms with Gasteiger partial charge in [-0.2, -0.15) is 0 Å². The maximum absolute atomic E-state index is 5.89. The Hall–Kier alpha value is -1.02. The molecule has 0 spiro atoms. The van der Waals surface area contributed by atoms with Gasteiger partial charge in [-0.25, -0.2) is 0 Å². The standard InChI is InChI=1S/C20H33NO/c1-15-10-11-20(17(3)14-15)22-13-6-5-12-21-19-9-7-8-16(2)18(19)4/h10-11,14,16,18-19,21H,5-9,12-13H2,1-4H3/t16-,18-,19+/m1/s1. The molecule has 0 unspecified atom stereocenters. The summed E-state index contributed by atoms with van der Waals surface area (Å²) in [6.07, 6.45) is 6.46. The molecule has 1 fully saturated rings. The normalized spacial score (nSPS) is 25.2. The molecule has 0 bridgehead atoms. The lowest BCUT2D eigenvalue weighted by molar-refractivity contribution is 0.205. The highest BCUT2D eigenvalue weighted by Gasteiger charge is 2.26. The Morgan fingerprint density at radius 3 is 2.73 bits per heavy atom. The summed E-state index contributed by atoms with van der Waals surface area (Å²) < 4.78 is 5.89. The van der Waals surface area contributed by atoms with E-state index in [0.29, 0.717) is 0 Å². The molecule has 1 aromatic rings. The number of rotatable bonds is 7. The van der Waals surface area contributed by atoms with E-state index >= 15 is 0 Å². The Labute approximate surface area is 136 Å². The average molecular weight is 303 g/mol. The fourth-order valence-corrected chi connectivity index (χ4v) is 3.53. The third-order valence-corrected chi connectivity index (χ3v) is 5.27. The van der Waals surface area contributed by atoms with Gasteiger partial charge in [-0.1, -0.05) is 44.4 Å². The molecule has 1 aromatic carbocycles. The molecule has 0 aliphatic heterocycles. The van der Waals surface area contributed by atoms with Crippen LogP contribution in [0, 0.1) is 25.7 Å². The molecule has 0 aromatic heterocycles. The Balaban J connectivity index is 1.59. The van der Waals surface area contributed by atoms with Crippen molar-refractivity contribution < 1.29 is 4.74 Å². The van der Waals surface area contributed by atoms with E-state index < -0.39 is 0 Å². The smallest absolute Gasteiger partial charge is 0.122 e. The van der Waals surface area contributed by atoms with E-state index in [1.165, 1.54) is 36.8 Å². The van der Waals surface area contributed by atoms with Gasteiger partial charge in [-0.05, 0) is 63.1 Å². The van der Waals surface area contributed by atoms with Gasteiger partial charge in [0.05, 0.1) is 6.61 Å². The molecule has 3 atom stereocenters.